The van der Waals surface area contributed by atoms with E-state index in [1.54, 1.807) is 12.1 Å². The number of sulfonamides is 1. The zero-order valence-corrected chi connectivity index (χ0v) is 20.0. The zero-order valence-electron chi connectivity index (χ0n) is 19.2. The fourth-order valence-corrected chi connectivity index (χ4v) is 4.59. The molecule has 1 heterocycles. The molecule has 0 aliphatic carbocycles. The maximum absolute atomic E-state index is 13.5. The smallest absolute Gasteiger partial charge is 0.244 e. The highest BCUT2D eigenvalue weighted by Gasteiger charge is 2.31. The van der Waals surface area contributed by atoms with Crippen molar-refractivity contribution in [1.82, 2.24) is 10.2 Å². The Morgan fingerprint density at radius 1 is 1.12 bits per heavy atom. The van der Waals surface area contributed by atoms with E-state index in [4.69, 9.17) is 9.47 Å². The van der Waals surface area contributed by atoms with Crippen LogP contribution in [0.25, 0.3) is 0 Å². The lowest BCUT2D eigenvalue weighted by Crippen LogP contribution is -2.51. The highest BCUT2D eigenvalue weighted by molar-refractivity contribution is 7.92. The first-order valence-electron chi connectivity index (χ1n) is 10.6. The van der Waals surface area contributed by atoms with Crippen LogP contribution in [0.15, 0.2) is 42.5 Å². The summed E-state index contributed by atoms with van der Waals surface area (Å²) < 4.78 is 36.9. The Labute approximate surface area is 194 Å². The van der Waals surface area contributed by atoms with Gasteiger partial charge in [0.05, 0.1) is 11.9 Å². The predicted octanol–water partition coefficient (Wildman–Crippen LogP) is 2.04. The van der Waals surface area contributed by atoms with Crippen LogP contribution in [0, 0.1) is 6.92 Å². The van der Waals surface area contributed by atoms with Crippen LogP contribution in [-0.2, 0) is 26.2 Å². The minimum atomic E-state index is -3.81. The normalized spacial score (nSPS) is 13.3. The number of benzene rings is 2. The first-order valence-corrected chi connectivity index (χ1v) is 12.4. The molecule has 2 aromatic rings. The Morgan fingerprint density at radius 2 is 1.85 bits per heavy atom. The highest BCUT2D eigenvalue weighted by Crippen LogP contribution is 2.36. The number of hydrogen-bond acceptors (Lipinski definition) is 6. The van der Waals surface area contributed by atoms with E-state index in [1.807, 2.05) is 38.1 Å². The van der Waals surface area contributed by atoms with Crippen LogP contribution in [0.2, 0.25) is 0 Å². The number of anilines is 1. The number of ether oxygens (including phenoxy) is 2. The second kappa shape index (κ2) is 10.1. The van der Waals surface area contributed by atoms with E-state index in [0.29, 0.717) is 17.9 Å². The number of hydrogen-bond donors (Lipinski definition) is 1. The Hall–Kier alpha value is -3.27. The summed E-state index contributed by atoms with van der Waals surface area (Å²) in [6, 6.07) is 11.6. The summed E-state index contributed by atoms with van der Waals surface area (Å²) in [4.78, 5) is 27.5. The van der Waals surface area contributed by atoms with Gasteiger partial charge in [-0.25, -0.2) is 8.42 Å². The van der Waals surface area contributed by atoms with Crippen molar-refractivity contribution in [1.29, 1.82) is 0 Å². The number of aryl methyl sites for hydroxylation is 1. The average molecular weight is 476 g/mol. The lowest BCUT2D eigenvalue weighted by Gasteiger charge is -2.32. The monoisotopic (exact) mass is 475 g/mol. The van der Waals surface area contributed by atoms with E-state index >= 15 is 0 Å². The molecule has 1 N–H and O–H groups in total. The fraction of sp³-hybridized carbons (Fsp3) is 0.391. The molecule has 3 rings (SSSR count). The minimum Gasteiger partial charge on any atom is -0.454 e. The van der Waals surface area contributed by atoms with Gasteiger partial charge in [-0.3, -0.25) is 13.9 Å². The van der Waals surface area contributed by atoms with E-state index in [0.717, 1.165) is 21.7 Å². The number of nitrogens with one attached hydrogen (secondary N) is 1. The summed E-state index contributed by atoms with van der Waals surface area (Å²) in [5.41, 5.74) is 2.14. The molecule has 0 saturated carbocycles. The molecule has 2 aromatic carbocycles. The quantitative estimate of drug-likeness (QED) is 0.595. The van der Waals surface area contributed by atoms with Crippen molar-refractivity contribution in [2.75, 3.05) is 30.9 Å². The molecule has 0 aromatic heterocycles. The Morgan fingerprint density at radius 3 is 2.48 bits per heavy atom. The van der Waals surface area contributed by atoms with Gasteiger partial charge in [0.2, 0.25) is 28.6 Å². The third-order valence-electron chi connectivity index (χ3n) is 5.39. The molecule has 0 fully saturated rings. The van der Waals surface area contributed by atoms with E-state index in [2.05, 4.69) is 5.32 Å². The van der Waals surface area contributed by atoms with Crippen LogP contribution in [0.1, 0.15) is 24.5 Å². The van der Waals surface area contributed by atoms with Crippen LogP contribution in [0.3, 0.4) is 0 Å². The number of carbonyl (C=O) groups is 2. The summed E-state index contributed by atoms with van der Waals surface area (Å²) >= 11 is 0. The van der Waals surface area contributed by atoms with Crippen molar-refractivity contribution in [3.8, 4) is 11.5 Å². The molecule has 0 bridgehead atoms. The van der Waals surface area contributed by atoms with Crippen LogP contribution in [0.4, 0.5) is 5.69 Å². The first kappa shape index (κ1) is 24.4. The van der Waals surface area contributed by atoms with Crippen molar-refractivity contribution >= 4 is 27.5 Å². The second-order valence-corrected chi connectivity index (χ2v) is 9.76. The number of carbonyl (C=O) groups excluding carboxylic acids is 2. The SMILES string of the molecule is CCC(C(=O)NC)N(Cc1cccc(C)c1)C(=O)CN(c1ccc2c(c1)OCO2)S(C)(=O)=O. The first-order chi connectivity index (χ1) is 15.6. The molecule has 0 saturated heterocycles. The van der Waals surface area contributed by atoms with Gasteiger partial charge in [0, 0.05) is 19.7 Å². The third-order valence-corrected chi connectivity index (χ3v) is 6.53. The number of nitrogens with zero attached hydrogens (tertiary/aromatic N) is 2. The number of likely N-dealkylation sites (N-methyl/N-ethyl adjacent to an activating group) is 1. The van der Waals surface area contributed by atoms with Crippen LogP contribution >= 0.6 is 0 Å². The van der Waals surface area contributed by atoms with E-state index in [1.165, 1.54) is 18.0 Å². The van der Waals surface area contributed by atoms with Gasteiger partial charge in [-0.2, -0.15) is 0 Å². The average Bonchev–Trinajstić information content (AvgIpc) is 3.24. The summed E-state index contributed by atoms with van der Waals surface area (Å²) in [5, 5.41) is 2.60. The summed E-state index contributed by atoms with van der Waals surface area (Å²) in [6.45, 7) is 3.51. The summed E-state index contributed by atoms with van der Waals surface area (Å²) in [5.74, 6) is 0.106. The zero-order chi connectivity index (χ0) is 24.2. The summed E-state index contributed by atoms with van der Waals surface area (Å²) in [7, 11) is -2.30. The van der Waals surface area contributed by atoms with Gasteiger partial charge in [0.1, 0.15) is 12.6 Å². The predicted molar refractivity (Wildman–Crippen MR) is 125 cm³/mol. The third kappa shape index (κ3) is 5.75. The molecular weight excluding hydrogens is 446 g/mol. The lowest BCUT2D eigenvalue weighted by molar-refractivity contribution is -0.140. The van der Waals surface area contributed by atoms with Crippen molar-refractivity contribution in [2.24, 2.45) is 0 Å². The van der Waals surface area contributed by atoms with Gasteiger partial charge in [0.25, 0.3) is 0 Å². The highest BCUT2D eigenvalue weighted by atomic mass is 32.2. The Bertz CT molecular complexity index is 1130. The molecule has 0 spiro atoms. The second-order valence-electron chi connectivity index (χ2n) is 7.86. The number of amides is 2. The molecule has 1 atom stereocenters. The molecule has 1 aliphatic rings. The Kier molecular flexibility index (Phi) is 7.47. The van der Waals surface area contributed by atoms with Gasteiger partial charge in [-0.1, -0.05) is 36.8 Å². The topological polar surface area (TPSA) is 105 Å². The van der Waals surface area contributed by atoms with E-state index in [9.17, 15) is 18.0 Å². The van der Waals surface area contributed by atoms with Crippen molar-refractivity contribution in [3.63, 3.8) is 0 Å². The molecule has 1 unspecified atom stereocenters. The van der Waals surface area contributed by atoms with Gasteiger partial charge < -0.3 is 19.7 Å². The van der Waals surface area contributed by atoms with Crippen LogP contribution in [-0.4, -0.2) is 57.8 Å². The van der Waals surface area contributed by atoms with E-state index in [-0.39, 0.29) is 24.9 Å². The number of fused-ring (bicyclic) bond motifs is 1. The lowest BCUT2D eigenvalue weighted by atomic mass is 10.1. The molecule has 9 nitrogen and oxygen atoms in total. The largest absolute Gasteiger partial charge is 0.454 e. The van der Waals surface area contributed by atoms with Gasteiger partial charge in [-0.05, 0) is 31.0 Å². The molecule has 2 amide bonds. The van der Waals surface area contributed by atoms with Gasteiger partial charge in [-0.15, -0.1) is 0 Å². The van der Waals surface area contributed by atoms with Crippen molar-refractivity contribution in [2.45, 2.75) is 32.9 Å². The van der Waals surface area contributed by atoms with Gasteiger partial charge in [0.15, 0.2) is 11.5 Å². The van der Waals surface area contributed by atoms with Crippen molar-refractivity contribution < 1.29 is 27.5 Å². The molecule has 0 radical (unpaired) electrons. The summed E-state index contributed by atoms with van der Waals surface area (Å²) in [6.07, 6.45) is 1.41. The molecular formula is C23H29N3O6S. The Balaban J connectivity index is 1.94. The minimum absolute atomic E-state index is 0.0468. The van der Waals surface area contributed by atoms with Gasteiger partial charge >= 0.3 is 0 Å². The molecule has 178 valence electrons. The molecule has 1 aliphatic heterocycles. The number of rotatable bonds is 9. The van der Waals surface area contributed by atoms with Crippen LogP contribution in [0.5, 0.6) is 11.5 Å². The molecule has 10 heteroatoms. The maximum atomic E-state index is 13.5. The molecule has 33 heavy (non-hydrogen) atoms. The van der Waals surface area contributed by atoms with E-state index < -0.39 is 28.5 Å². The van der Waals surface area contributed by atoms with Crippen molar-refractivity contribution in [3.05, 3.63) is 53.6 Å². The van der Waals surface area contributed by atoms with Crippen LogP contribution < -0.4 is 19.1 Å². The maximum Gasteiger partial charge on any atom is 0.244 e. The standard InChI is InChI=1S/C23H29N3O6S/c1-5-19(23(28)24-3)25(13-17-8-6-7-16(2)11-17)22(27)14-26(33(4,29)30)18-9-10-20-21(12-18)32-15-31-20/h6-12,19H,5,13-15H2,1-4H3,(H,24,28). The fourth-order valence-electron chi connectivity index (χ4n) is 3.75.